The van der Waals surface area contributed by atoms with Gasteiger partial charge in [-0.3, -0.25) is 4.79 Å². The van der Waals surface area contributed by atoms with Crippen molar-refractivity contribution in [3.8, 4) is 0 Å². The zero-order valence-electron chi connectivity index (χ0n) is 9.96. The summed E-state index contributed by atoms with van der Waals surface area (Å²) in [5.41, 5.74) is 0.448. The summed E-state index contributed by atoms with van der Waals surface area (Å²) < 4.78 is 0. The summed E-state index contributed by atoms with van der Waals surface area (Å²) in [4.78, 5) is 31.9. The summed E-state index contributed by atoms with van der Waals surface area (Å²) in [6.45, 7) is 0.959. The Morgan fingerprint density at radius 2 is 2.44 bits per heavy atom. The van der Waals surface area contributed by atoms with Crippen molar-refractivity contribution >= 4 is 11.9 Å². The predicted molar refractivity (Wildman–Crippen MR) is 61.9 cm³/mol. The number of likely N-dealkylation sites (N-methyl/N-ethyl adjacent to an activating group) is 1. The Morgan fingerprint density at radius 1 is 1.67 bits per heavy atom. The summed E-state index contributed by atoms with van der Waals surface area (Å²) in [6.07, 6.45) is 3.28. The lowest BCUT2D eigenvalue weighted by atomic mass is 10.2. The van der Waals surface area contributed by atoms with Crippen molar-refractivity contribution < 1.29 is 14.7 Å². The van der Waals surface area contributed by atoms with Gasteiger partial charge in [0.25, 0.3) is 0 Å². The van der Waals surface area contributed by atoms with Crippen molar-refractivity contribution in [3.63, 3.8) is 0 Å². The molecule has 0 aromatic carbocycles. The van der Waals surface area contributed by atoms with E-state index in [9.17, 15) is 9.59 Å². The van der Waals surface area contributed by atoms with Crippen LogP contribution in [0.2, 0.25) is 0 Å². The normalized spacial score (nSPS) is 19.3. The molecule has 0 saturated carbocycles. The number of carboxylic acids is 1. The Bertz CT molecular complexity index is 477. The molecule has 0 spiro atoms. The van der Waals surface area contributed by atoms with E-state index in [1.807, 2.05) is 0 Å². The first-order valence-electron chi connectivity index (χ1n) is 5.60. The maximum Gasteiger partial charge on any atom is 0.339 e. The van der Waals surface area contributed by atoms with E-state index in [0.29, 0.717) is 12.2 Å². The molecule has 1 fully saturated rings. The fourth-order valence-corrected chi connectivity index (χ4v) is 1.91. The van der Waals surface area contributed by atoms with Crippen LogP contribution in [-0.2, 0) is 11.3 Å². The number of likely N-dealkylation sites (tertiary alicyclic amines) is 1. The number of aromatic nitrogens is 2. The number of hydrogen-bond donors (Lipinski definition) is 2. The molecule has 1 aliphatic rings. The van der Waals surface area contributed by atoms with Gasteiger partial charge in [0.05, 0.1) is 11.7 Å². The van der Waals surface area contributed by atoms with Crippen LogP contribution in [0.3, 0.4) is 0 Å². The van der Waals surface area contributed by atoms with E-state index in [2.05, 4.69) is 15.3 Å². The number of aromatic carboxylic acids is 1. The number of carbonyl (C=O) groups is 2. The van der Waals surface area contributed by atoms with Crippen LogP contribution in [0.4, 0.5) is 0 Å². The SMILES string of the molecule is CN1CCC(NCc2ncncc2C(=O)O)C1=O. The Balaban J connectivity index is 2.03. The number of carboxylic acid groups (broad SMARTS) is 1. The molecule has 2 N–H and O–H groups in total. The molecule has 96 valence electrons. The minimum Gasteiger partial charge on any atom is -0.478 e. The van der Waals surface area contributed by atoms with Crippen LogP contribution in [0.5, 0.6) is 0 Å². The molecular weight excluding hydrogens is 236 g/mol. The van der Waals surface area contributed by atoms with E-state index in [1.165, 1.54) is 12.5 Å². The van der Waals surface area contributed by atoms with Gasteiger partial charge in [0.1, 0.15) is 11.9 Å². The van der Waals surface area contributed by atoms with Gasteiger partial charge in [-0.25, -0.2) is 14.8 Å². The second-order valence-electron chi connectivity index (χ2n) is 4.17. The first kappa shape index (κ1) is 12.4. The highest BCUT2D eigenvalue weighted by atomic mass is 16.4. The molecule has 2 heterocycles. The summed E-state index contributed by atoms with van der Waals surface area (Å²) in [5.74, 6) is -1.04. The molecule has 18 heavy (non-hydrogen) atoms. The summed E-state index contributed by atoms with van der Waals surface area (Å²) in [5, 5.41) is 12.0. The zero-order chi connectivity index (χ0) is 13.1. The van der Waals surface area contributed by atoms with Gasteiger partial charge in [-0.15, -0.1) is 0 Å². The minimum absolute atomic E-state index is 0.0286. The van der Waals surface area contributed by atoms with Gasteiger partial charge in [0, 0.05) is 26.3 Å². The fourth-order valence-electron chi connectivity index (χ4n) is 1.91. The van der Waals surface area contributed by atoms with Gasteiger partial charge >= 0.3 is 5.97 Å². The van der Waals surface area contributed by atoms with Crippen molar-refractivity contribution in [1.82, 2.24) is 20.2 Å². The quantitative estimate of drug-likeness (QED) is 0.747. The lowest BCUT2D eigenvalue weighted by molar-refractivity contribution is -0.128. The topological polar surface area (TPSA) is 95.4 Å². The van der Waals surface area contributed by atoms with Crippen molar-refractivity contribution in [3.05, 3.63) is 23.8 Å². The summed E-state index contributed by atoms with van der Waals surface area (Å²) >= 11 is 0. The second-order valence-corrected chi connectivity index (χ2v) is 4.17. The Morgan fingerprint density at radius 3 is 3.06 bits per heavy atom. The molecule has 1 aromatic heterocycles. The van der Waals surface area contributed by atoms with Crippen molar-refractivity contribution in [2.24, 2.45) is 0 Å². The van der Waals surface area contributed by atoms with Gasteiger partial charge in [-0.05, 0) is 6.42 Å². The van der Waals surface area contributed by atoms with E-state index in [0.717, 1.165) is 6.42 Å². The van der Waals surface area contributed by atoms with Crippen LogP contribution in [0.1, 0.15) is 22.5 Å². The smallest absolute Gasteiger partial charge is 0.339 e. The van der Waals surface area contributed by atoms with Gasteiger partial charge in [0.2, 0.25) is 5.91 Å². The fraction of sp³-hybridized carbons (Fsp3) is 0.455. The maximum atomic E-state index is 11.7. The Kier molecular flexibility index (Phi) is 3.52. The average molecular weight is 250 g/mol. The molecule has 0 radical (unpaired) electrons. The molecule has 7 heteroatoms. The third-order valence-corrected chi connectivity index (χ3v) is 2.97. The number of nitrogens with one attached hydrogen (secondary N) is 1. The molecule has 1 atom stereocenters. The van der Waals surface area contributed by atoms with Crippen LogP contribution >= 0.6 is 0 Å². The van der Waals surface area contributed by atoms with Crippen molar-refractivity contribution in [2.75, 3.05) is 13.6 Å². The third kappa shape index (κ3) is 2.45. The van der Waals surface area contributed by atoms with Crippen LogP contribution in [0.15, 0.2) is 12.5 Å². The Labute approximate surface area is 104 Å². The molecule has 7 nitrogen and oxygen atoms in total. The number of carbonyl (C=O) groups excluding carboxylic acids is 1. The highest BCUT2D eigenvalue weighted by Crippen LogP contribution is 2.10. The molecule has 1 aliphatic heterocycles. The average Bonchev–Trinajstić information content (AvgIpc) is 2.68. The molecular formula is C11H14N4O3. The van der Waals surface area contributed by atoms with E-state index in [1.54, 1.807) is 11.9 Å². The molecule has 1 amide bonds. The van der Waals surface area contributed by atoms with E-state index in [4.69, 9.17) is 5.11 Å². The monoisotopic (exact) mass is 250 g/mol. The van der Waals surface area contributed by atoms with Gasteiger partial charge < -0.3 is 15.3 Å². The first-order chi connectivity index (χ1) is 8.59. The second kappa shape index (κ2) is 5.09. The van der Waals surface area contributed by atoms with Gasteiger partial charge in [-0.1, -0.05) is 0 Å². The van der Waals surface area contributed by atoms with Crippen LogP contribution in [0, 0.1) is 0 Å². The van der Waals surface area contributed by atoms with Gasteiger partial charge in [0.15, 0.2) is 0 Å². The standard InChI is InChI=1S/C11H14N4O3/c1-15-3-2-8(10(15)16)13-5-9-7(11(17)18)4-12-6-14-9/h4,6,8,13H,2-3,5H2,1H3,(H,17,18). The molecule has 0 bridgehead atoms. The highest BCUT2D eigenvalue weighted by Gasteiger charge is 2.28. The molecule has 1 unspecified atom stereocenters. The van der Waals surface area contributed by atoms with Crippen molar-refractivity contribution in [1.29, 1.82) is 0 Å². The van der Waals surface area contributed by atoms with Crippen LogP contribution in [0.25, 0.3) is 0 Å². The number of amides is 1. The van der Waals surface area contributed by atoms with Crippen LogP contribution in [-0.4, -0.2) is 51.5 Å². The summed E-state index contributed by atoms with van der Waals surface area (Å²) in [7, 11) is 1.75. The molecule has 2 rings (SSSR count). The van der Waals surface area contributed by atoms with Crippen LogP contribution < -0.4 is 5.32 Å². The zero-order valence-corrected chi connectivity index (χ0v) is 9.96. The largest absolute Gasteiger partial charge is 0.478 e. The summed E-state index contributed by atoms with van der Waals surface area (Å²) in [6, 6.07) is -0.258. The third-order valence-electron chi connectivity index (χ3n) is 2.97. The van der Waals surface area contributed by atoms with E-state index >= 15 is 0 Å². The van der Waals surface area contributed by atoms with Crippen molar-refractivity contribution in [2.45, 2.75) is 19.0 Å². The maximum absolute atomic E-state index is 11.7. The predicted octanol–water partition coefficient (Wildman–Crippen LogP) is -0.505. The number of nitrogens with zero attached hydrogens (tertiary/aromatic N) is 3. The van der Waals surface area contributed by atoms with Gasteiger partial charge in [-0.2, -0.15) is 0 Å². The molecule has 1 aromatic rings. The molecule has 0 aliphatic carbocycles. The first-order valence-corrected chi connectivity index (χ1v) is 5.60. The molecule has 1 saturated heterocycles. The van der Waals surface area contributed by atoms with E-state index < -0.39 is 5.97 Å². The lowest BCUT2D eigenvalue weighted by Gasteiger charge is -2.12. The highest BCUT2D eigenvalue weighted by molar-refractivity contribution is 5.88. The number of hydrogen-bond acceptors (Lipinski definition) is 5. The minimum atomic E-state index is -1.07. The lowest BCUT2D eigenvalue weighted by Crippen LogP contribution is -2.37. The number of rotatable bonds is 4. The Hall–Kier alpha value is -2.02. The van der Waals surface area contributed by atoms with E-state index in [-0.39, 0.29) is 24.1 Å².